The van der Waals surface area contributed by atoms with Gasteiger partial charge in [-0.3, -0.25) is 4.79 Å². The lowest BCUT2D eigenvalue weighted by Crippen LogP contribution is -2.37. The lowest BCUT2D eigenvalue weighted by Gasteiger charge is -2.19. The molecule has 0 unspecified atom stereocenters. The molecule has 0 aliphatic heterocycles. The van der Waals surface area contributed by atoms with Crippen molar-refractivity contribution in [3.63, 3.8) is 0 Å². The summed E-state index contributed by atoms with van der Waals surface area (Å²) in [5.41, 5.74) is -0.842. The molecule has 158 valence electrons. The zero-order chi connectivity index (χ0) is 21.8. The molecular formula is C18H22F3N5O3. The van der Waals surface area contributed by atoms with Crippen molar-refractivity contribution in [3.05, 3.63) is 41.3 Å². The number of hydrogen-bond acceptors (Lipinski definition) is 5. The van der Waals surface area contributed by atoms with Crippen LogP contribution in [0.5, 0.6) is 0 Å². The first-order chi connectivity index (χ1) is 13.4. The van der Waals surface area contributed by atoms with E-state index in [1.54, 1.807) is 27.7 Å². The highest BCUT2D eigenvalue weighted by atomic mass is 19.4. The zero-order valence-corrected chi connectivity index (χ0v) is 16.4. The van der Waals surface area contributed by atoms with E-state index >= 15 is 0 Å². The Morgan fingerprint density at radius 2 is 1.76 bits per heavy atom. The number of carbonyl (C=O) groups is 2. The van der Waals surface area contributed by atoms with E-state index in [-0.39, 0.29) is 24.5 Å². The lowest BCUT2D eigenvalue weighted by atomic mass is 10.2. The number of carbonyl (C=O) groups excluding carboxylic acids is 2. The van der Waals surface area contributed by atoms with Gasteiger partial charge in [-0.05, 0) is 39.8 Å². The Kier molecular flexibility index (Phi) is 6.50. The fourth-order valence-corrected chi connectivity index (χ4v) is 2.29. The second-order valence-corrected chi connectivity index (χ2v) is 7.14. The average Bonchev–Trinajstić information content (AvgIpc) is 2.98. The third-order valence-electron chi connectivity index (χ3n) is 3.63. The summed E-state index contributed by atoms with van der Waals surface area (Å²) in [5.74, 6) is -0.284. The van der Waals surface area contributed by atoms with Gasteiger partial charge in [0.2, 0.25) is 0 Å². The summed E-state index contributed by atoms with van der Waals surface area (Å²) in [6, 6.07) is 2.07. The number of aromatic nitrogens is 3. The van der Waals surface area contributed by atoms with E-state index in [0.29, 0.717) is 11.9 Å². The zero-order valence-electron chi connectivity index (χ0n) is 16.4. The van der Waals surface area contributed by atoms with Gasteiger partial charge in [-0.15, -0.1) is 0 Å². The summed E-state index contributed by atoms with van der Waals surface area (Å²) in [5, 5.41) is 9.15. The molecule has 11 heteroatoms. The first kappa shape index (κ1) is 22.2. The van der Waals surface area contributed by atoms with Crippen LogP contribution in [-0.2, 0) is 10.9 Å². The van der Waals surface area contributed by atoms with Gasteiger partial charge in [0.25, 0.3) is 5.91 Å². The number of amides is 2. The number of hydrogen-bond donors (Lipinski definition) is 2. The SMILES string of the molecule is Cc1c(C(=O)NCCNC(=O)OC(C)(C)C)cnn1-c1ccc(C(F)(F)F)cn1. The van der Waals surface area contributed by atoms with Crippen LogP contribution in [0, 0.1) is 6.92 Å². The van der Waals surface area contributed by atoms with Crippen molar-refractivity contribution in [3.8, 4) is 5.82 Å². The van der Waals surface area contributed by atoms with Crippen LogP contribution in [0.3, 0.4) is 0 Å². The van der Waals surface area contributed by atoms with Gasteiger partial charge >= 0.3 is 12.3 Å². The summed E-state index contributed by atoms with van der Waals surface area (Å²) < 4.78 is 44.3. The van der Waals surface area contributed by atoms with Crippen molar-refractivity contribution in [1.82, 2.24) is 25.4 Å². The molecule has 2 aromatic heterocycles. The first-order valence-electron chi connectivity index (χ1n) is 8.72. The molecule has 2 aromatic rings. The Hall–Kier alpha value is -3.11. The van der Waals surface area contributed by atoms with E-state index < -0.39 is 29.3 Å². The minimum absolute atomic E-state index is 0.154. The van der Waals surface area contributed by atoms with E-state index in [9.17, 15) is 22.8 Å². The Bertz CT molecular complexity index is 870. The molecule has 0 radical (unpaired) electrons. The Labute approximate surface area is 165 Å². The van der Waals surface area contributed by atoms with Crippen LogP contribution in [0.1, 0.15) is 42.4 Å². The third kappa shape index (κ3) is 6.19. The highest BCUT2D eigenvalue weighted by Gasteiger charge is 2.30. The molecule has 0 fully saturated rings. The van der Waals surface area contributed by atoms with Crippen molar-refractivity contribution < 1.29 is 27.5 Å². The van der Waals surface area contributed by atoms with E-state index in [0.717, 1.165) is 6.07 Å². The molecule has 0 spiro atoms. The summed E-state index contributed by atoms with van der Waals surface area (Å²) in [7, 11) is 0. The van der Waals surface area contributed by atoms with Crippen LogP contribution >= 0.6 is 0 Å². The van der Waals surface area contributed by atoms with Gasteiger partial charge in [-0.2, -0.15) is 18.3 Å². The minimum Gasteiger partial charge on any atom is -0.444 e. The summed E-state index contributed by atoms with van der Waals surface area (Å²) in [4.78, 5) is 27.6. The molecule has 0 aliphatic carbocycles. The monoisotopic (exact) mass is 413 g/mol. The van der Waals surface area contributed by atoms with Crippen LogP contribution in [0.2, 0.25) is 0 Å². The number of rotatable bonds is 5. The van der Waals surface area contributed by atoms with Crippen LogP contribution in [-0.4, -0.2) is 45.5 Å². The van der Waals surface area contributed by atoms with E-state index in [1.807, 2.05) is 0 Å². The highest BCUT2D eigenvalue weighted by molar-refractivity contribution is 5.95. The second-order valence-electron chi connectivity index (χ2n) is 7.14. The van der Waals surface area contributed by atoms with Gasteiger partial charge in [-0.25, -0.2) is 14.5 Å². The van der Waals surface area contributed by atoms with Crippen molar-refractivity contribution in [1.29, 1.82) is 0 Å². The fourth-order valence-electron chi connectivity index (χ4n) is 2.29. The molecule has 2 heterocycles. The maximum absolute atomic E-state index is 12.6. The molecule has 0 aromatic carbocycles. The molecule has 2 rings (SSSR count). The van der Waals surface area contributed by atoms with E-state index in [4.69, 9.17) is 4.74 Å². The molecule has 0 atom stereocenters. The van der Waals surface area contributed by atoms with Crippen molar-refractivity contribution in [2.24, 2.45) is 0 Å². The van der Waals surface area contributed by atoms with Gasteiger partial charge in [0, 0.05) is 19.3 Å². The number of alkyl halides is 3. The van der Waals surface area contributed by atoms with Gasteiger partial charge in [0.1, 0.15) is 5.60 Å². The molecule has 2 N–H and O–H groups in total. The standard InChI is InChI=1S/C18H22F3N5O3/c1-11-13(15(27)22-7-8-23-16(28)29-17(2,3)4)10-25-26(11)14-6-5-12(9-24-14)18(19,20)21/h5-6,9-10H,7-8H2,1-4H3,(H,22,27)(H,23,28). The molecule has 2 amide bonds. The highest BCUT2D eigenvalue weighted by Crippen LogP contribution is 2.28. The van der Waals surface area contributed by atoms with E-state index in [1.165, 1.54) is 16.9 Å². The van der Waals surface area contributed by atoms with Crippen LogP contribution in [0.4, 0.5) is 18.0 Å². The van der Waals surface area contributed by atoms with Crippen molar-refractivity contribution in [2.45, 2.75) is 39.5 Å². The van der Waals surface area contributed by atoms with Crippen molar-refractivity contribution in [2.75, 3.05) is 13.1 Å². The minimum atomic E-state index is -4.48. The normalized spacial score (nSPS) is 11.8. The van der Waals surface area contributed by atoms with Crippen molar-refractivity contribution >= 4 is 12.0 Å². The molecular weight excluding hydrogens is 391 g/mol. The first-order valence-corrected chi connectivity index (χ1v) is 8.72. The molecule has 8 nitrogen and oxygen atoms in total. The molecule has 0 aliphatic rings. The Morgan fingerprint density at radius 3 is 2.31 bits per heavy atom. The smallest absolute Gasteiger partial charge is 0.417 e. The van der Waals surface area contributed by atoms with Gasteiger partial charge in [0.15, 0.2) is 5.82 Å². The molecule has 0 saturated carbocycles. The van der Waals surface area contributed by atoms with Gasteiger partial charge < -0.3 is 15.4 Å². The van der Waals surface area contributed by atoms with Crippen LogP contribution in [0.25, 0.3) is 5.82 Å². The van der Waals surface area contributed by atoms with Gasteiger partial charge in [-0.1, -0.05) is 0 Å². The number of pyridine rings is 1. The number of ether oxygens (including phenoxy) is 1. The van der Waals surface area contributed by atoms with Gasteiger partial charge in [0.05, 0.1) is 23.0 Å². The largest absolute Gasteiger partial charge is 0.444 e. The summed E-state index contributed by atoms with van der Waals surface area (Å²) in [6.07, 6.45) is -3.07. The topological polar surface area (TPSA) is 98.1 Å². The molecule has 29 heavy (non-hydrogen) atoms. The number of halogens is 3. The lowest BCUT2D eigenvalue weighted by molar-refractivity contribution is -0.137. The number of nitrogens with one attached hydrogen (secondary N) is 2. The average molecular weight is 413 g/mol. The molecule has 0 bridgehead atoms. The third-order valence-corrected chi connectivity index (χ3v) is 3.63. The number of nitrogens with zero attached hydrogens (tertiary/aromatic N) is 3. The second kappa shape index (κ2) is 8.50. The Balaban J connectivity index is 1.95. The number of alkyl carbamates (subject to hydrolysis) is 1. The molecule has 0 saturated heterocycles. The summed E-state index contributed by atoms with van der Waals surface area (Å²) >= 11 is 0. The van der Waals surface area contributed by atoms with Crippen LogP contribution < -0.4 is 10.6 Å². The van der Waals surface area contributed by atoms with E-state index in [2.05, 4.69) is 20.7 Å². The maximum atomic E-state index is 12.6. The Morgan fingerprint density at radius 1 is 1.10 bits per heavy atom. The predicted molar refractivity (Wildman–Crippen MR) is 97.7 cm³/mol. The summed E-state index contributed by atoms with van der Waals surface area (Å²) in [6.45, 7) is 7.12. The quantitative estimate of drug-likeness (QED) is 0.735. The van der Waals surface area contributed by atoms with Crippen LogP contribution in [0.15, 0.2) is 24.5 Å². The maximum Gasteiger partial charge on any atom is 0.417 e. The fraction of sp³-hybridized carbons (Fsp3) is 0.444. The predicted octanol–water partition coefficient (Wildman–Crippen LogP) is 2.85.